The lowest BCUT2D eigenvalue weighted by atomic mass is 10.1. The first kappa shape index (κ1) is 17.4. The summed E-state index contributed by atoms with van der Waals surface area (Å²) in [5.41, 5.74) is 3.10. The number of ketones is 1. The molecule has 0 saturated carbocycles. The third-order valence-electron chi connectivity index (χ3n) is 3.85. The highest BCUT2D eigenvalue weighted by atomic mass is 16.6. The quantitative estimate of drug-likeness (QED) is 0.199. The molecule has 0 aliphatic rings. The van der Waals surface area contributed by atoms with E-state index in [0.717, 1.165) is 16.8 Å². The van der Waals surface area contributed by atoms with Crippen molar-refractivity contribution in [1.29, 1.82) is 0 Å². The van der Waals surface area contributed by atoms with E-state index < -0.39 is 0 Å². The highest BCUT2D eigenvalue weighted by molar-refractivity contribution is 6.08. The van der Waals surface area contributed by atoms with Crippen molar-refractivity contribution in [2.24, 2.45) is 5.16 Å². The molecule has 0 N–H and O–H groups in total. The van der Waals surface area contributed by atoms with Gasteiger partial charge in [0.05, 0.1) is 5.71 Å². The molecule has 0 aliphatic carbocycles. The topological polar surface area (TPSA) is 38.7 Å². The van der Waals surface area contributed by atoms with Crippen molar-refractivity contribution in [2.45, 2.75) is 6.92 Å². The predicted molar refractivity (Wildman–Crippen MR) is 105 cm³/mol. The molecule has 0 radical (unpaired) electrons. The molecule has 3 aromatic rings. The first-order chi connectivity index (χ1) is 12.7. The van der Waals surface area contributed by atoms with Crippen LogP contribution in [0.5, 0.6) is 0 Å². The fourth-order valence-corrected chi connectivity index (χ4v) is 2.42. The fourth-order valence-electron chi connectivity index (χ4n) is 2.42. The third kappa shape index (κ3) is 4.54. The molecule has 0 saturated heterocycles. The molecule has 0 amide bonds. The van der Waals surface area contributed by atoms with E-state index in [2.05, 4.69) is 5.16 Å². The number of rotatable bonds is 6. The van der Waals surface area contributed by atoms with Gasteiger partial charge in [-0.3, -0.25) is 4.79 Å². The number of carbonyl (C=O) groups is 1. The first-order valence-corrected chi connectivity index (χ1v) is 8.37. The molecule has 0 spiro atoms. The van der Waals surface area contributed by atoms with E-state index in [4.69, 9.17) is 4.84 Å². The van der Waals surface area contributed by atoms with Gasteiger partial charge in [0.1, 0.15) is 0 Å². The van der Waals surface area contributed by atoms with E-state index in [1.807, 2.05) is 85.8 Å². The highest BCUT2D eigenvalue weighted by Crippen LogP contribution is 2.18. The molecule has 0 aliphatic heterocycles. The number of hydrogen-bond acceptors (Lipinski definition) is 3. The molecule has 0 fully saturated rings. The maximum atomic E-state index is 12.5. The van der Waals surface area contributed by atoms with E-state index in [1.54, 1.807) is 12.1 Å². The van der Waals surface area contributed by atoms with Crippen molar-refractivity contribution in [1.82, 2.24) is 0 Å². The number of allylic oxidation sites excluding steroid dienone is 1. The van der Waals surface area contributed by atoms with Crippen molar-refractivity contribution < 1.29 is 9.63 Å². The Morgan fingerprint density at radius 1 is 0.731 bits per heavy atom. The molecule has 128 valence electrons. The Bertz CT molecular complexity index is 914. The maximum absolute atomic E-state index is 12.5. The van der Waals surface area contributed by atoms with Gasteiger partial charge in [0.25, 0.3) is 0 Å². The first-order valence-electron chi connectivity index (χ1n) is 8.37. The van der Waals surface area contributed by atoms with Crippen molar-refractivity contribution >= 4 is 17.3 Å². The minimum absolute atomic E-state index is 0.128. The van der Waals surface area contributed by atoms with Gasteiger partial charge in [-0.05, 0) is 12.5 Å². The van der Waals surface area contributed by atoms with Crippen molar-refractivity contribution in [2.75, 3.05) is 0 Å². The normalized spacial score (nSPS) is 11.9. The van der Waals surface area contributed by atoms with Crippen LogP contribution in [0.25, 0.3) is 5.76 Å². The Labute approximate surface area is 153 Å². The second-order valence-corrected chi connectivity index (χ2v) is 5.74. The van der Waals surface area contributed by atoms with E-state index in [1.165, 1.54) is 6.08 Å². The molecule has 0 heterocycles. The zero-order valence-electron chi connectivity index (χ0n) is 14.5. The Hall–Kier alpha value is -3.46. The van der Waals surface area contributed by atoms with Crippen LogP contribution in [-0.2, 0) is 4.84 Å². The number of nitrogens with zero attached hydrogens (tertiary/aromatic N) is 1. The standard InChI is InChI=1S/C23H19NO2/c1-18(19-11-5-2-6-12-19)24-26-23(21-15-9-4-10-16-21)17-22(25)20-13-7-3-8-14-20/h2-17H,1H3/b23-17+,24-18+. The second kappa shape index (κ2) is 8.58. The number of benzene rings is 3. The van der Waals surface area contributed by atoms with Crippen LogP contribution < -0.4 is 0 Å². The molecule has 0 unspecified atom stereocenters. The Kier molecular flexibility index (Phi) is 5.73. The van der Waals surface area contributed by atoms with Gasteiger partial charge in [-0.1, -0.05) is 96.2 Å². The van der Waals surface area contributed by atoms with Crippen LogP contribution >= 0.6 is 0 Å². The number of oxime groups is 1. The fraction of sp³-hybridized carbons (Fsp3) is 0.0435. The molecule has 0 aromatic heterocycles. The van der Waals surface area contributed by atoms with Gasteiger partial charge in [-0.15, -0.1) is 0 Å². The zero-order valence-corrected chi connectivity index (χ0v) is 14.5. The van der Waals surface area contributed by atoms with Crippen LogP contribution in [0.3, 0.4) is 0 Å². The predicted octanol–water partition coefficient (Wildman–Crippen LogP) is 5.35. The maximum Gasteiger partial charge on any atom is 0.189 e. The smallest absolute Gasteiger partial charge is 0.189 e. The van der Waals surface area contributed by atoms with Gasteiger partial charge in [0, 0.05) is 17.2 Å². The van der Waals surface area contributed by atoms with Crippen LogP contribution in [0.2, 0.25) is 0 Å². The monoisotopic (exact) mass is 341 g/mol. The lowest BCUT2D eigenvalue weighted by Gasteiger charge is -2.07. The number of carbonyl (C=O) groups excluding carboxylic acids is 1. The summed E-state index contributed by atoms with van der Waals surface area (Å²) >= 11 is 0. The molecular weight excluding hydrogens is 322 g/mol. The Balaban J connectivity index is 1.89. The summed E-state index contributed by atoms with van der Waals surface area (Å²) in [4.78, 5) is 18.2. The lowest BCUT2D eigenvalue weighted by molar-refractivity contribution is 0.104. The van der Waals surface area contributed by atoms with Crippen molar-refractivity contribution in [3.8, 4) is 0 Å². The zero-order chi connectivity index (χ0) is 18.2. The van der Waals surface area contributed by atoms with Crippen LogP contribution in [0.15, 0.2) is 102 Å². The van der Waals surface area contributed by atoms with Gasteiger partial charge >= 0.3 is 0 Å². The Morgan fingerprint density at radius 2 is 1.19 bits per heavy atom. The molecule has 3 nitrogen and oxygen atoms in total. The minimum atomic E-state index is -0.128. The number of hydrogen-bond donors (Lipinski definition) is 0. The van der Waals surface area contributed by atoms with Crippen LogP contribution in [-0.4, -0.2) is 11.5 Å². The summed E-state index contributed by atoms with van der Waals surface area (Å²) in [6.45, 7) is 1.87. The minimum Gasteiger partial charge on any atom is -0.356 e. The van der Waals surface area contributed by atoms with Crippen molar-refractivity contribution in [3.63, 3.8) is 0 Å². The largest absolute Gasteiger partial charge is 0.356 e. The van der Waals surface area contributed by atoms with E-state index in [0.29, 0.717) is 11.3 Å². The highest BCUT2D eigenvalue weighted by Gasteiger charge is 2.09. The van der Waals surface area contributed by atoms with Gasteiger partial charge in [0.2, 0.25) is 0 Å². The molecule has 26 heavy (non-hydrogen) atoms. The molecule has 0 atom stereocenters. The van der Waals surface area contributed by atoms with Crippen LogP contribution in [0, 0.1) is 0 Å². The van der Waals surface area contributed by atoms with Crippen molar-refractivity contribution in [3.05, 3.63) is 114 Å². The molecule has 3 heteroatoms. The summed E-state index contributed by atoms with van der Waals surface area (Å²) in [6, 6.07) is 28.3. The molecule has 0 bridgehead atoms. The van der Waals surface area contributed by atoms with E-state index in [-0.39, 0.29) is 5.78 Å². The molecule has 3 aromatic carbocycles. The van der Waals surface area contributed by atoms with Gasteiger partial charge in [-0.25, -0.2) is 0 Å². The van der Waals surface area contributed by atoms with Gasteiger partial charge in [-0.2, -0.15) is 0 Å². The third-order valence-corrected chi connectivity index (χ3v) is 3.85. The summed E-state index contributed by atoms with van der Waals surface area (Å²) in [6.07, 6.45) is 1.48. The summed E-state index contributed by atoms with van der Waals surface area (Å²) < 4.78 is 0. The summed E-state index contributed by atoms with van der Waals surface area (Å²) in [5, 5.41) is 4.21. The molecular formula is C23H19NO2. The van der Waals surface area contributed by atoms with E-state index in [9.17, 15) is 4.79 Å². The second-order valence-electron chi connectivity index (χ2n) is 5.74. The van der Waals surface area contributed by atoms with Gasteiger partial charge < -0.3 is 4.84 Å². The lowest BCUT2D eigenvalue weighted by Crippen LogP contribution is -2.00. The average molecular weight is 341 g/mol. The van der Waals surface area contributed by atoms with Crippen LogP contribution in [0.4, 0.5) is 0 Å². The summed E-state index contributed by atoms with van der Waals surface area (Å²) in [7, 11) is 0. The average Bonchev–Trinajstić information content (AvgIpc) is 2.72. The van der Waals surface area contributed by atoms with Gasteiger partial charge in [0.15, 0.2) is 11.5 Å². The van der Waals surface area contributed by atoms with Crippen LogP contribution in [0.1, 0.15) is 28.4 Å². The summed E-state index contributed by atoms with van der Waals surface area (Å²) in [5.74, 6) is 0.284. The SMILES string of the molecule is C/C(=N\O/C(=C/C(=O)c1ccccc1)c1ccccc1)c1ccccc1. The molecule has 3 rings (SSSR count). The Morgan fingerprint density at radius 3 is 1.73 bits per heavy atom. The van der Waals surface area contributed by atoms with E-state index >= 15 is 0 Å².